The summed E-state index contributed by atoms with van der Waals surface area (Å²) in [6.45, 7) is 1.99. The summed E-state index contributed by atoms with van der Waals surface area (Å²) in [6.07, 6.45) is 1.45. The smallest absolute Gasteiger partial charge is 0.162 e. The molecule has 13 heavy (non-hydrogen) atoms. The van der Waals surface area contributed by atoms with Gasteiger partial charge in [-0.1, -0.05) is 13.0 Å². The summed E-state index contributed by atoms with van der Waals surface area (Å²) < 4.78 is 0.834. The van der Waals surface area contributed by atoms with Crippen LogP contribution < -0.4 is 5.73 Å². The first-order valence-electron chi connectivity index (χ1n) is 4.23. The molecule has 0 aromatic heterocycles. The van der Waals surface area contributed by atoms with E-state index in [4.69, 9.17) is 5.73 Å². The molecule has 1 aromatic carbocycles. The molecule has 0 bridgehead atoms. The van der Waals surface area contributed by atoms with E-state index in [1.165, 1.54) is 0 Å². The molecule has 0 atom stereocenters. The van der Waals surface area contributed by atoms with E-state index in [9.17, 15) is 4.79 Å². The number of nitrogen functional groups attached to an aromatic ring is 1. The summed E-state index contributed by atoms with van der Waals surface area (Å²) in [6, 6.07) is 5.30. The molecular weight excluding hydrogens is 230 g/mol. The van der Waals surface area contributed by atoms with Crippen molar-refractivity contribution in [1.29, 1.82) is 0 Å². The molecule has 1 rings (SSSR count). The van der Waals surface area contributed by atoms with E-state index in [0.29, 0.717) is 17.7 Å². The van der Waals surface area contributed by atoms with Gasteiger partial charge in [-0.2, -0.15) is 0 Å². The van der Waals surface area contributed by atoms with E-state index >= 15 is 0 Å². The average molecular weight is 242 g/mol. The van der Waals surface area contributed by atoms with Crippen molar-refractivity contribution >= 4 is 27.4 Å². The molecule has 0 spiro atoms. The summed E-state index contributed by atoms with van der Waals surface area (Å²) in [5.74, 6) is 0.154. The summed E-state index contributed by atoms with van der Waals surface area (Å²) in [5.41, 5.74) is 6.97. The first-order chi connectivity index (χ1) is 6.15. The molecule has 1 aromatic rings. The quantitative estimate of drug-likeness (QED) is 0.653. The lowest BCUT2D eigenvalue weighted by Crippen LogP contribution is -1.99. The summed E-state index contributed by atoms with van der Waals surface area (Å²) in [7, 11) is 0. The molecule has 0 unspecified atom stereocenters. The second kappa shape index (κ2) is 4.42. The van der Waals surface area contributed by atoms with Crippen molar-refractivity contribution in [3.63, 3.8) is 0 Å². The highest BCUT2D eigenvalue weighted by Gasteiger charge is 2.05. The van der Waals surface area contributed by atoms with Crippen LogP contribution in [0, 0.1) is 0 Å². The number of hydrogen-bond donors (Lipinski definition) is 1. The molecule has 0 fully saturated rings. The van der Waals surface area contributed by atoms with Crippen LogP contribution in [0.2, 0.25) is 0 Å². The molecule has 0 aliphatic rings. The number of ketones is 1. The monoisotopic (exact) mass is 241 g/mol. The Balaban J connectivity index is 2.90. The normalized spacial score (nSPS) is 10.0. The van der Waals surface area contributed by atoms with Crippen LogP contribution in [-0.4, -0.2) is 5.78 Å². The number of carbonyl (C=O) groups is 1. The van der Waals surface area contributed by atoms with Crippen LogP contribution in [0.25, 0.3) is 0 Å². The van der Waals surface area contributed by atoms with E-state index in [1.807, 2.05) is 6.92 Å². The Morgan fingerprint density at radius 2 is 2.23 bits per heavy atom. The van der Waals surface area contributed by atoms with Gasteiger partial charge in [-0.05, 0) is 34.5 Å². The molecule has 2 N–H and O–H groups in total. The van der Waals surface area contributed by atoms with E-state index in [-0.39, 0.29) is 5.78 Å². The van der Waals surface area contributed by atoms with Gasteiger partial charge in [-0.25, -0.2) is 0 Å². The number of nitrogens with two attached hydrogens (primary N) is 1. The lowest BCUT2D eigenvalue weighted by Gasteiger charge is -2.02. The maximum atomic E-state index is 11.4. The minimum atomic E-state index is 0.154. The van der Waals surface area contributed by atoms with Gasteiger partial charge in [0.1, 0.15) is 0 Å². The minimum absolute atomic E-state index is 0.154. The minimum Gasteiger partial charge on any atom is -0.398 e. The SMILES string of the molecule is CCCC(=O)c1ccc(Br)c(N)c1. The van der Waals surface area contributed by atoms with Crippen LogP contribution in [0.4, 0.5) is 5.69 Å². The van der Waals surface area contributed by atoms with Gasteiger partial charge in [0, 0.05) is 22.1 Å². The first kappa shape index (κ1) is 10.3. The van der Waals surface area contributed by atoms with E-state index in [1.54, 1.807) is 18.2 Å². The molecule has 3 heteroatoms. The van der Waals surface area contributed by atoms with Gasteiger partial charge in [0.15, 0.2) is 5.78 Å². The molecule has 0 amide bonds. The van der Waals surface area contributed by atoms with Gasteiger partial charge in [-0.3, -0.25) is 4.79 Å². The van der Waals surface area contributed by atoms with E-state index in [2.05, 4.69) is 15.9 Å². The predicted octanol–water partition coefficient (Wildman–Crippen LogP) is 3.01. The fourth-order valence-corrected chi connectivity index (χ4v) is 1.34. The molecule has 70 valence electrons. The Kier molecular flexibility index (Phi) is 3.48. The van der Waals surface area contributed by atoms with Crippen molar-refractivity contribution in [3.8, 4) is 0 Å². The maximum absolute atomic E-state index is 11.4. The zero-order valence-corrected chi connectivity index (χ0v) is 9.10. The molecule has 0 saturated carbocycles. The van der Waals surface area contributed by atoms with Gasteiger partial charge < -0.3 is 5.73 Å². The Hall–Kier alpha value is -0.830. The molecule has 0 radical (unpaired) electrons. The van der Waals surface area contributed by atoms with Gasteiger partial charge in [-0.15, -0.1) is 0 Å². The second-order valence-corrected chi connectivity index (χ2v) is 3.76. The zero-order chi connectivity index (χ0) is 9.84. The zero-order valence-electron chi connectivity index (χ0n) is 7.51. The third-order valence-electron chi connectivity index (χ3n) is 1.80. The van der Waals surface area contributed by atoms with Crippen LogP contribution in [0.5, 0.6) is 0 Å². The molecule has 2 nitrogen and oxygen atoms in total. The number of carbonyl (C=O) groups excluding carboxylic acids is 1. The van der Waals surface area contributed by atoms with Crippen molar-refractivity contribution in [2.75, 3.05) is 5.73 Å². The van der Waals surface area contributed by atoms with Crippen LogP contribution >= 0.6 is 15.9 Å². The molecule has 0 aliphatic heterocycles. The van der Waals surface area contributed by atoms with Gasteiger partial charge >= 0.3 is 0 Å². The number of benzene rings is 1. The van der Waals surface area contributed by atoms with Crippen LogP contribution in [0.15, 0.2) is 22.7 Å². The molecule has 0 heterocycles. The predicted molar refractivity (Wildman–Crippen MR) is 57.8 cm³/mol. The highest BCUT2D eigenvalue weighted by Crippen LogP contribution is 2.21. The Morgan fingerprint density at radius 1 is 1.54 bits per heavy atom. The Morgan fingerprint density at radius 3 is 2.77 bits per heavy atom. The highest BCUT2D eigenvalue weighted by molar-refractivity contribution is 9.10. The Bertz CT molecular complexity index is 323. The van der Waals surface area contributed by atoms with Gasteiger partial charge in [0.05, 0.1) is 0 Å². The number of halogens is 1. The first-order valence-corrected chi connectivity index (χ1v) is 5.02. The summed E-state index contributed by atoms with van der Waals surface area (Å²) in [4.78, 5) is 11.4. The third kappa shape index (κ3) is 2.56. The number of anilines is 1. The fraction of sp³-hybridized carbons (Fsp3) is 0.300. The number of hydrogen-bond acceptors (Lipinski definition) is 2. The van der Waals surface area contributed by atoms with Crippen molar-refractivity contribution in [3.05, 3.63) is 28.2 Å². The van der Waals surface area contributed by atoms with Crippen molar-refractivity contribution < 1.29 is 4.79 Å². The standard InChI is InChI=1S/C10H12BrNO/c1-2-3-10(13)7-4-5-8(11)9(12)6-7/h4-6H,2-3,12H2,1H3. The number of Topliss-reactive ketones (excluding diaryl/α,β-unsaturated/α-hetero) is 1. The molecule has 0 aliphatic carbocycles. The third-order valence-corrected chi connectivity index (χ3v) is 2.52. The fourth-order valence-electron chi connectivity index (χ4n) is 1.09. The van der Waals surface area contributed by atoms with E-state index in [0.717, 1.165) is 10.9 Å². The van der Waals surface area contributed by atoms with E-state index < -0.39 is 0 Å². The largest absolute Gasteiger partial charge is 0.398 e. The topological polar surface area (TPSA) is 43.1 Å². The number of rotatable bonds is 3. The van der Waals surface area contributed by atoms with Crippen molar-refractivity contribution in [2.45, 2.75) is 19.8 Å². The Labute approximate surface area is 86.3 Å². The van der Waals surface area contributed by atoms with Crippen LogP contribution in [0.3, 0.4) is 0 Å². The van der Waals surface area contributed by atoms with Gasteiger partial charge in [0.25, 0.3) is 0 Å². The highest BCUT2D eigenvalue weighted by atomic mass is 79.9. The second-order valence-electron chi connectivity index (χ2n) is 2.91. The maximum Gasteiger partial charge on any atom is 0.162 e. The molecule has 0 saturated heterocycles. The summed E-state index contributed by atoms with van der Waals surface area (Å²) in [5, 5.41) is 0. The summed E-state index contributed by atoms with van der Waals surface area (Å²) >= 11 is 3.28. The lowest BCUT2D eigenvalue weighted by atomic mass is 10.1. The lowest BCUT2D eigenvalue weighted by molar-refractivity contribution is 0.0982. The average Bonchev–Trinajstić information content (AvgIpc) is 2.10. The van der Waals surface area contributed by atoms with Crippen LogP contribution in [0.1, 0.15) is 30.1 Å². The molecular formula is C10H12BrNO. The van der Waals surface area contributed by atoms with Crippen molar-refractivity contribution in [1.82, 2.24) is 0 Å². The van der Waals surface area contributed by atoms with Crippen molar-refractivity contribution in [2.24, 2.45) is 0 Å². The van der Waals surface area contributed by atoms with Gasteiger partial charge in [0.2, 0.25) is 0 Å². The van der Waals surface area contributed by atoms with Crippen LogP contribution in [-0.2, 0) is 0 Å².